The number of nitrogens with zero attached hydrogens (tertiary/aromatic N) is 1. The first-order valence-electron chi connectivity index (χ1n) is 7.29. The van der Waals surface area contributed by atoms with E-state index in [0.29, 0.717) is 17.9 Å². The molecule has 1 rings (SSSR count). The molecule has 0 aliphatic carbocycles. The van der Waals surface area contributed by atoms with Gasteiger partial charge in [0.2, 0.25) is 5.91 Å². The van der Waals surface area contributed by atoms with Crippen LogP contribution in [0.15, 0.2) is 18.2 Å². The maximum absolute atomic E-state index is 11.8. The first-order chi connectivity index (χ1) is 11.9. The Morgan fingerprint density at radius 1 is 1.32 bits per heavy atom. The maximum Gasteiger partial charge on any atom is 0.326 e. The topological polar surface area (TPSA) is 137 Å². The van der Waals surface area contributed by atoms with E-state index in [2.05, 4.69) is 5.32 Å². The number of hydrogen-bond donors (Lipinski definition) is 2. The summed E-state index contributed by atoms with van der Waals surface area (Å²) in [7, 11) is 2.85. The summed E-state index contributed by atoms with van der Waals surface area (Å²) in [5.74, 6) is -1.60. The minimum Gasteiger partial charge on any atom is -0.496 e. The van der Waals surface area contributed by atoms with Crippen LogP contribution in [0.5, 0.6) is 5.75 Å². The zero-order valence-corrected chi connectivity index (χ0v) is 13.9. The molecule has 0 spiro atoms. The number of amides is 1. The van der Waals surface area contributed by atoms with Gasteiger partial charge in [-0.05, 0) is 6.07 Å². The van der Waals surface area contributed by atoms with Gasteiger partial charge in [-0.3, -0.25) is 14.9 Å². The van der Waals surface area contributed by atoms with Gasteiger partial charge in [0.25, 0.3) is 5.69 Å². The van der Waals surface area contributed by atoms with Crippen LogP contribution in [0.2, 0.25) is 0 Å². The zero-order chi connectivity index (χ0) is 18.8. The molecular weight excluding hydrogens is 336 g/mol. The number of carbonyl (C=O) groups is 2. The van der Waals surface area contributed by atoms with Gasteiger partial charge < -0.3 is 24.6 Å². The van der Waals surface area contributed by atoms with Crippen molar-refractivity contribution in [3.05, 3.63) is 33.9 Å². The van der Waals surface area contributed by atoms with Gasteiger partial charge in [-0.15, -0.1) is 0 Å². The molecule has 0 heterocycles. The van der Waals surface area contributed by atoms with E-state index in [1.807, 2.05) is 0 Å². The van der Waals surface area contributed by atoms with Gasteiger partial charge in [0, 0.05) is 31.2 Å². The van der Waals surface area contributed by atoms with Gasteiger partial charge in [0.05, 0.1) is 25.2 Å². The maximum atomic E-state index is 11.8. The Kier molecular flexibility index (Phi) is 8.30. The van der Waals surface area contributed by atoms with E-state index in [1.165, 1.54) is 32.4 Å². The van der Waals surface area contributed by atoms with E-state index in [0.717, 1.165) is 0 Å². The fourth-order valence-electron chi connectivity index (χ4n) is 2.00. The molecule has 10 heteroatoms. The molecule has 1 atom stereocenters. The summed E-state index contributed by atoms with van der Waals surface area (Å²) in [6, 6.07) is 2.56. The van der Waals surface area contributed by atoms with Crippen LogP contribution in [0.3, 0.4) is 0 Å². The number of ether oxygens (including phenoxy) is 3. The van der Waals surface area contributed by atoms with Crippen LogP contribution < -0.4 is 10.1 Å². The highest BCUT2D eigenvalue weighted by Crippen LogP contribution is 2.25. The average Bonchev–Trinajstić information content (AvgIpc) is 2.57. The second-order valence-corrected chi connectivity index (χ2v) is 4.96. The smallest absolute Gasteiger partial charge is 0.326 e. The number of benzene rings is 1. The summed E-state index contributed by atoms with van der Waals surface area (Å²) >= 11 is 0. The molecule has 0 fully saturated rings. The minimum atomic E-state index is -1.28. The summed E-state index contributed by atoms with van der Waals surface area (Å²) in [6.45, 7) is 0.181. The lowest BCUT2D eigenvalue weighted by atomic mass is 10.0. The lowest BCUT2D eigenvalue weighted by Gasteiger charge is -2.16. The van der Waals surface area contributed by atoms with E-state index in [9.17, 15) is 24.8 Å². The SMILES string of the molecule is COCCOCC(=O)N[C@H](Cc1cc([N+](=O)[O-])ccc1OC)C(=O)O. The Bertz CT molecular complexity index is 620. The standard InChI is InChI=1S/C15H20N2O8/c1-23-5-6-25-9-14(18)16-12(15(19)20)8-10-7-11(17(21)22)3-4-13(10)24-2/h3-4,7,12H,5-6,8-9H2,1-2H3,(H,16,18)(H,19,20)/t12-/m1/s1. The number of nitro benzene ring substituents is 1. The highest BCUT2D eigenvalue weighted by Gasteiger charge is 2.23. The van der Waals surface area contributed by atoms with Crippen LogP contribution in [0, 0.1) is 10.1 Å². The quantitative estimate of drug-likeness (QED) is 0.330. The normalized spacial score (nSPS) is 11.6. The van der Waals surface area contributed by atoms with Crippen molar-refractivity contribution in [1.82, 2.24) is 5.32 Å². The zero-order valence-electron chi connectivity index (χ0n) is 13.9. The van der Waals surface area contributed by atoms with Crippen LogP contribution in [0.25, 0.3) is 0 Å². The number of nitrogens with one attached hydrogen (secondary N) is 1. The number of methoxy groups -OCH3 is 2. The molecule has 0 aliphatic heterocycles. The number of carboxylic acid groups (broad SMARTS) is 1. The first-order valence-corrected chi connectivity index (χ1v) is 7.29. The predicted octanol–water partition coefficient (Wildman–Crippen LogP) is 0.378. The molecule has 0 radical (unpaired) electrons. The molecule has 1 amide bonds. The Labute approximate surface area is 143 Å². The molecule has 0 unspecified atom stereocenters. The third-order valence-electron chi connectivity index (χ3n) is 3.20. The van der Waals surface area contributed by atoms with Crippen molar-refractivity contribution in [3.63, 3.8) is 0 Å². The monoisotopic (exact) mass is 356 g/mol. The van der Waals surface area contributed by atoms with E-state index in [4.69, 9.17) is 14.2 Å². The van der Waals surface area contributed by atoms with Crippen molar-refractivity contribution >= 4 is 17.6 Å². The van der Waals surface area contributed by atoms with Crippen molar-refractivity contribution in [2.45, 2.75) is 12.5 Å². The lowest BCUT2D eigenvalue weighted by molar-refractivity contribution is -0.384. The molecular formula is C15H20N2O8. The lowest BCUT2D eigenvalue weighted by Crippen LogP contribution is -2.44. The summed E-state index contributed by atoms with van der Waals surface area (Å²) in [6.07, 6.45) is -0.177. The molecule has 0 bridgehead atoms. The van der Waals surface area contributed by atoms with Crippen LogP contribution >= 0.6 is 0 Å². The summed E-state index contributed by atoms with van der Waals surface area (Å²) in [5.41, 5.74) is 0.0962. The number of aliphatic carboxylic acids is 1. The van der Waals surface area contributed by atoms with Gasteiger partial charge in [-0.25, -0.2) is 4.79 Å². The molecule has 138 valence electrons. The molecule has 0 saturated carbocycles. The largest absolute Gasteiger partial charge is 0.496 e. The number of rotatable bonds is 11. The first kappa shape index (κ1) is 20.3. The summed E-state index contributed by atoms with van der Waals surface area (Å²) < 4.78 is 14.9. The second-order valence-electron chi connectivity index (χ2n) is 4.96. The third kappa shape index (κ3) is 6.73. The average molecular weight is 356 g/mol. The Balaban J connectivity index is 2.80. The highest BCUT2D eigenvalue weighted by molar-refractivity contribution is 5.84. The number of nitro groups is 1. The van der Waals surface area contributed by atoms with Crippen molar-refractivity contribution < 1.29 is 33.8 Å². The molecule has 1 aromatic rings. The van der Waals surface area contributed by atoms with E-state index >= 15 is 0 Å². The number of non-ortho nitro benzene ring substituents is 1. The molecule has 2 N–H and O–H groups in total. The fourth-order valence-corrected chi connectivity index (χ4v) is 2.00. The highest BCUT2D eigenvalue weighted by atomic mass is 16.6. The fraction of sp³-hybridized carbons (Fsp3) is 0.467. The number of hydrogen-bond acceptors (Lipinski definition) is 7. The summed E-state index contributed by atoms with van der Waals surface area (Å²) in [5, 5.41) is 22.5. The Hall–Kier alpha value is -2.72. The molecule has 0 saturated heterocycles. The van der Waals surface area contributed by atoms with Crippen molar-refractivity contribution in [2.75, 3.05) is 34.0 Å². The third-order valence-corrected chi connectivity index (χ3v) is 3.20. The van der Waals surface area contributed by atoms with Crippen molar-refractivity contribution in [1.29, 1.82) is 0 Å². The number of carboxylic acids is 1. The van der Waals surface area contributed by atoms with Gasteiger partial charge >= 0.3 is 5.97 Å². The van der Waals surface area contributed by atoms with Crippen LogP contribution in [-0.2, 0) is 25.5 Å². The molecule has 25 heavy (non-hydrogen) atoms. The van der Waals surface area contributed by atoms with Gasteiger partial charge in [0.15, 0.2) is 0 Å². The molecule has 0 aromatic heterocycles. The van der Waals surface area contributed by atoms with Crippen molar-refractivity contribution in [2.24, 2.45) is 0 Å². The van der Waals surface area contributed by atoms with Crippen LogP contribution in [0.4, 0.5) is 5.69 Å². The summed E-state index contributed by atoms with van der Waals surface area (Å²) in [4.78, 5) is 33.4. The van der Waals surface area contributed by atoms with Crippen molar-refractivity contribution in [3.8, 4) is 5.75 Å². The van der Waals surface area contributed by atoms with Gasteiger partial charge in [0.1, 0.15) is 18.4 Å². The Morgan fingerprint density at radius 2 is 2.04 bits per heavy atom. The number of carbonyl (C=O) groups excluding carboxylic acids is 1. The minimum absolute atomic E-state index is 0.177. The van der Waals surface area contributed by atoms with Gasteiger partial charge in [-0.1, -0.05) is 0 Å². The van der Waals surface area contributed by atoms with Crippen LogP contribution in [0.1, 0.15) is 5.56 Å². The molecule has 1 aromatic carbocycles. The van der Waals surface area contributed by atoms with E-state index < -0.39 is 22.8 Å². The molecule has 0 aliphatic rings. The Morgan fingerprint density at radius 3 is 2.60 bits per heavy atom. The van der Waals surface area contributed by atoms with Crippen LogP contribution in [-0.4, -0.2) is 62.0 Å². The van der Waals surface area contributed by atoms with E-state index in [1.54, 1.807) is 0 Å². The second kappa shape index (κ2) is 10.2. The van der Waals surface area contributed by atoms with E-state index in [-0.39, 0.29) is 25.3 Å². The predicted molar refractivity (Wildman–Crippen MR) is 85.6 cm³/mol. The molecule has 10 nitrogen and oxygen atoms in total. The van der Waals surface area contributed by atoms with Gasteiger partial charge in [-0.2, -0.15) is 0 Å².